The fourth-order valence-electron chi connectivity index (χ4n) is 1.50. The maximum Gasteiger partial charge on any atom is 0.223 e. The Hall–Kier alpha value is -0.790. The fourth-order valence-corrected chi connectivity index (χ4v) is 1.50. The van der Waals surface area contributed by atoms with Gasteiger partial charge in [-0.2, -0.15) is 0 Å². The first-order valence-electron chi connectivity index (χ1n) is 3.99. The number of hydrogen-bond acceptors (Lipinski definition) is 1. The molecule has 0 bridgehead atoms. The smallest absolute Gasteiger partial charge is 0.223 e. The molecule has 0 radical (unpaired) electrons. The minimum absolute atomic E-state index is 0.0469. The van der Waals surface area contributed by atoms with Crippen molar-refractivity contribution in [2.24, 2.45) is 0 Å². The van der Waals surface area contributed by atoms with Crippen LogP contribution in [0.2, 0.25) is 0 Å². The molecule has 0 aromatic rings. The van der Waals surface area contributed by atoms with Crippen molar-refractivity contribution in [3.63, 3.8) is 0 Å². The second kappa shape index (κ2) is 2.68. The van der Waals surface area contributed by atoms with E-state index in [2.05, 4.69) is 20.4 Å². The summed E-state index contributed by atoms with van der Waals surface area (Å²) in [4.78, 5) is 13.1. The van der Waals surface area contributed by atoms with E-state index in [4.69, 9.17) is 0 Å². The molecular weight excluding hydrogens is 138 g/mol. The highest BCUT2D eigenvalue weighted by atomic mass is 16.2. The van der Waals surface area contributed by atoms with Crippen LogP contribution in [0.4, 0.5) is 0 Å². The molecule has 0 atom stereocenters. The summed E-state index contributed by atoms with van der Waals surface area (Å²) in [5, 5.41) is 0. The molecular formula is C9H15NO. The Morgan fingerprint density at radius 2 is 2.36 bits per heavy atom. The van der Waals surface area contributed by atoms with Crippen LogP contribution >= 0.6 is 0 Å². The summed E-state index contributed by atoms with van der Waals surface area (Å²) in [7, 11) is 0. The molecule has 1 aliphatic rings. The van der Waals surface area contributed by atoms with E-state index < -0.39 is 0 Å². The average molecular weight is 153 g/mol. The van der Waals surface area contributed by atoms with Gasteiger partial charge in [0.1, 0.15) is 0 Å². The first-order valence-corrected chi connectivity index (χ1v) is 3.99. The molecule has 1 rings (SSSR count). The van der Waals surface area contributed by atoms with E-state index in [9.17, 15) is 4.79 Å². The SMILES string of the molecule is C=CCN1C(=O)CCC1(C)C. The predicted octanol–water partition coefficient (Wildman–Crippen LogP) is 1.57. The number of likely N-dealkylation sites (tertiary alicyclic amines) is 1. The van der Waals surface area contributed by atoms with E-state index in [-0.39, 0.29) is 11.4 Å². The topological polar surface area (TPSA) is 20.3 Å². The van der Waals surface area contributed by atoms with Crippen LogP contribution in [-0.2, 0) is 4.79 Å². The normalized spacial score (nSPS) is 22.4. The number of carbonyl (C=O) groups is 1. The molecule has 62 valence electrons. The van der Waals surface area contributed by atoms with Gasteiger partial charge in [-0.3, -0.25) is 4.79 Å². The number of rotatable bonds is 2. The third kappa shape index (κ3) is 1.44. The standard InChI is InChI=1S/C9H15NO/c1-4-7-10-8(11)5-6-9(10,2)3/h4H,1,5-7H2,2-3H3. The van der Waals surface area contributed by atoms with Gasteiger partial charge >= 0.3 is 0 Å². The van der Waals surface area contributed by atoms with Crippen molar-refractivity contribution in [1.82, 2.24) is 4.90 Å². The first kappa shape index (κ1) is 8.31. The summed E-state index contributed by atoms with van der Waals surface area (Å²) in [5.74, 6) is 0.259. The van der Waals surface area contributed by atoms with Gasteiger partial charge in [0.15, 0.2) is 0 Å². The number of hydrogen-bond donors (Lipinski definition) is 0. The van der Waals surface area contributed by atoms with E-state index in [1.54, 1.807) is 6.08 Å². The van der Waals surface area contributed by atoms with Gasteiger partial charge in [-0.05, 0) is 20.3 Å². The summed E-state index contributed by atoms with van der Waals surface area (Å²) >= 11 is 0. The molecule has 2 nitrogen and oxygen atoms in total. The summed E-state index contributed by atoms with van der Waals surface area (Å²) in [6.45, 7) is 8.51. The summed E-state index contributed by atoms with van der Waals surface area (Å²) in [6.07, 6.45) is 3.45. The Morgan fingerprint density at radius 3 is 2.73 bits per heavy atom. The Balaban J connectivity index is 2.71. The van der Waals surface area contributed by atoms with E-state index in [0.717, 1.165) is 6.42 Å². The fraction of sp³-hybridized carbons (Fsp3) is 0.667. The zero-order valence-electron chi connectivity index (χ0n) is 7.26. The van der Waals surface area contributed by atoms with Crippen LogP contribution in [0.5, 0.6) is 0 Å². The van der Waals surface area contributed by atoms with Crippen LogP contribution in [0.15, 0.2) is 12.7 Å². The van der Waals surface area contributed by atoms with E-state index in [1.807, 2.05) is 4.90 Å². The highest BCUT2D eigenvalue weighted by Gasteiger charge is 2.36. The number of nitrogens with zero attached hydrogens (tertiary/aromatic N) is 1. The lowest BCUT2D eigenvalue weighted by Gasteiger charge is -2.30. The molecule has 0 aromatic heterocycles. The van der Waals surface area contributed by atoms with Crippen LogP contribution < -0.4 is 0 Å². The summed E-state index contributed by atoms with van der Waals surface area (Å²) in [5.41, 5.74) is 0.0469. The molecule has 1 fully saturated rings. The molecule has 2 heteroatoms. The lowest BCUT2D eigenvalue weighted by Crippen LogP contribution is -2.40. The largest absolute Gasteiger partial charge is 0.334 e. The van der Waals surface area contributed by atoms with E-state index >= 15 is 0 Å². The van der Waals surface area contributed by atoms with Crippen molar-refractivity contribution in [3.05, 3.63) is 12.7 Å². The Morgan fingerprint density at radius 1 is 1.73 bits per heavy atom. The third-order valence-electron chi connectivity index (χ3n) is 2.29. The van der Waals surface area contributed by atoms with Gasteiger partial charge in [0, 0.05) is 18.5 Å². The lowest BCUT2D eigenvalue weighted by atomic mass is 10.0. The number of amides is 1. The van der Waals surface area contributed by atoms with Crippen LogP contribution in [0, 0.1) is 0 Å². The Bertz CT molecular complexity index is 184. The third-order valence-corrected chi connectivity index (χ3v) is 2.29. The number of carbonyl (C=O) groups excluding carboxylic acids is 1. The molecule has 0 aliphatic carbocycles. The second-order valence-corrected chi connectivity index (χ2v) is 3.61. The monoisotopic (exact) mass is 153 g/mol. The van der Waals surface area contributed by atoms with Gasteiger partial charge in [0.05, 0.1) is 0 Å². The van der Waals surface area contributed by atoms with Crippen LogP contribution in [0.1, 0.15) is 26.7 Å². The van der Waals surface area contributed by atoms with Crippen molar-refractivity contribution in [2.75, 3.05) is 6.54 Å². The molecule has 11 heavy (non-hydrogen) atoms. The minimum atomic E-state index is 0.0469. The van der Waals surface area contributed by atoms with Gasteiger partial charge in [0.25, 0.3) is 0 Å². The van der Waals surface area contributed by atoms with Crippen LogP contribution in [0.3, 0.4) is 0 Å². The highest BCUT2D eigenvalue weighted by molar-refractivity contribution is 5.79. The highest BCUT2D eigenvalue weighted by Crippen LogP contribution is 2.28. The van der Waals surface area contributed by atoms with Crippen molar-refractivity contribution in [1.29, 1.82) is 0 Å². The van der Waals surface area contributed by atoms with Gasteiger partial charge in [-0.15, -0.1) is 6.58 Å². The van der Waals surface area contributed by atoms with Gasteiger partial charge in [0.2, 0.25) is 5.91 Å². The quantitative estimate of drug-likeness (QED) is 0.551. The predicted molar refractivity (Wildman–Crippen MR) is 45.2 cm³/mol. The molecule has 1 amide bonds. The molecule has 0 unspecified atom stereocenters. The Kier molecular flexibility index (Phi) is 2.03. The molecule has 1 heterocycles. The molecule has 0 aromatic carbocycles. The zero-order valence-corrected chi connectivity index (χ0v) is 7.26. The van der Waals surface area contributed by atoms with Gasteiger partial charge in [-0.1, -0.05) is 6.08 Å². The summed E-state index contributed by atoms with van der Waals surface area (Å²) in [6, 6.07) is 0. The maximum atomic E-state index is 11.3. The molecule has 0 spiro atoms. The Labute approximate surface area is 67.9 Å². The van der Waals surface area contributed by atoms with E-state index in [0.29, 0.717) is 13.0 Å². The lowest BCUT2D eigenvalue weighted by molar-refractivity contribution is -0.129. The molecule has 0 saturated carbocycles. The van der Waals surface area contributed by atoms with Crippen molar-refractivity contribution in [3.8, 4) is 0 Å². The zero-order chi connectivity index (χ0) is 8.48. The van der Waals surface area contributed by atoms with Crippen molar-refractivity contribution in [2.45, 2.75) is 32.2 Å². The van der Waals surface area contributed by atoms with Crippen molar-refractivity contribution >= 4 is 5.91 Å². The van der Waals surface area contributed by atoms with Gasteiger partial charge < -0.3 is 4.90 Å². The average Bonchev–Trinajstić information content (AvgIpc) is 2.16. The minimum Gasteiger partial charge on any atom is -0.334 e. The van der Waals surface area contributed by atoms with E-state index in [1.165, 1.54) is 0 Å². The molecule has 1 saturated heterocycles. The first-order chi connectivity index (χ1) is 5.08. The maximum absolute atomic E-state index is 11.3. The van der Waals surface area contributed by atoms with Crippen molar-refractivity contribution < 1.29 is 4.79 Å². The molecule has 1 aliphatic heterocycles. The second-order valence-electron chi connectivity index (χ2n) is 3.61. The van der Waals surface area contributed by atoms with Crippen LogP contribution in [0.25, 0.3) is 0 Å². The molecule has 0 N–H and O–H groups in total. The summed E-state index contributed by atoms with van der Waals surface area (Å²) < 4.78 is 0. The van der Waals surface area contributed by atoms with Gasteiger partial charge in [-0.25, -0.2) is 0 Å². The van der Waals surface area contributed by atoms with Crippen LogP contribution in [-0.4, -0.2) is 22.9 Å².